The summed E-state index contributed by atoms with van der Waals surface area (Å²) in [6.45, 7) is 20.1. The van der Waals surface area contributed by atoms with Crippen molar-refractivity contribution in [3.8, 4) is 33.6 Å². The Balaban J connectivity index is 0.000000178. The first-order valence-corrected chi connectivity index (χ1v) is 31.3. The van der Waals surface area contributed by atoms with E-state index in [1.807, 2.05) is 24.3 Å². The number of aromatic nitrogens is 2. The highest BCUT2D eigenvalue weighted by Crippen LogP contribution is 2.44. The molecule has 404 valence electrons. The molecular formula is C72H73Br4N3. The molecule has 7 heteroatoms. The average Bonchev–Trinajstić information content (AvgIpc) is 3.63. The van der Waals surface area contributed by atoms with E-state index in [0.717, 1.165) is 58.7 Å². The zero-order valence-electron chi connectivity index (χ0n) is 47.4. The van der Waals surface area contributed by atoms with Gasteiger partial charge >= 0.3 is 0 Å². The van der Waals surface area contributed by atoms with Crippen LogP contribution in [0.15, 0.2) is 176 Å². The molecule has 0 saturated heterocycles. The predicted molar refractivity (Wildman–Crippen MR) is 358 cm³/mol. The van der Waals surface area contributed by atoms with Crippen LogP contribution in [0.4, 0.5) is 5.69 Å². The van der Waals surface area contributed by atoms with Gasteiger partial charge in [0, 0.05) is 45.1 Å². The number of nitrogen functional groups attached to an aromatic ring is 1. The van der Waals surface area contributed by atoms with Crippen LogP contribution in [0.2, 0.25) is 0 Å². The van der Waals surface area contributed by atoms with E-state index in [0.29, 0.717) is 0 Å². The summed E-state index contributed by atoms with van der Waals surface area (Å²) in [5.41, 5.74) is 31.3. The van der Waals surface area contributed by atoms with Gasteiger partial charge in [0.2, 0.25) is 0 Å². The minimum Gasteiger partial charge on any atom is -0.398 e. The summed E-state index contributed by atoms with van der Waals surface area (Å²) >= 11 is 14.7. The lowest BCUT2D eigenvalue weighted by Gasteiger charge is -2.17. The van der Waals surface area contributed by atoms with Crippen LogP contribution in [0.25, 0.3) is 77.2 Å². The maximum atomic E-state index is 5.88. The quantitative estimate of drug-likeness (QED) is 0.115. The van der Waals surface area contributed by atoms with Gasteiger partial charge in [-0.3, -0.25) is 0 Å². The molecule has 0 aliphatic rings. The molecule has 9 aromatic carbocycles. The summed E-state index contributed by atoms with van der Waals surface area (Å²) in [6.07, 6.45) is 10.9. The number of nitrogens with zero attached hydrogens (tertiary/aromatic N) is 2. The lowest BCUT2D eigenvalue weighted by molar-refractivity contribution is 0.793. The molecule has 11 aromatic rings. The largest absolute Gasteiger partial charge is 0.398 e. The summed E-state index contributed by atoms with van der Waals surface area (Å²) in [5.74, 6) is 0. The number of hydrogen-bond acceptors (Lipinski definition) is 1. The summed E-state index contributed by atoms with van der Waals surface area (Å²) in [5, 5.41) is 5.22. The predicted octanol–water partition coefficient (Wildman–Crippen LogP) is 23.1. The fourth-order valence-corrected chi connectivity index (χ4v) is 13.8. The molecule has 2 N–H and O–H groups in total. The third-order valence-corrected chi connectivity index (χ3v) is 18.2. The molecule has 3 nitrogen and oxygen atoms in total. The molecular weight excluding hydrogens is 1230 g/mol. The SMILES string of the molecule is Brc1ccccc1-c1cc(Br)c(-c2ccccc2Br)cc1Br.CCCCc1cc(C)c(-n2c3ccccc3c3cc4c(cc32)c2ccccc2n4-c2c(C)cc(CCCC)cc2C)c(C)c1.CCCCc1cc(C)c(N)c(C)c1. The molecule has 0 fully saturated rings. The molecule has 0 radical (unpaired) electrons. The molecule has 0 saturated carbocycles. The summed E-state index contributed by atoms with van der Waals surface area (Å²) in [6, 6.07) is 57.7. The first kappa shape index (κ1) is 58.0. The highest BCUT2D eigenvalue weighted by molar-refractivity contribution is 9.11. The van der Waals surface area contributed by atoms with E-state index >= 15 is 0 Å². The van der Waals surface area contributed by atoms with Crippen LogP contribution < -0.4 is 5.73 Å². The van der Waals surface area contributed by atoms with Gasteiger partial charge in [-0.1, -0.05) is 213 Å². The summed E-state index contributed by atoms with van der Waals surface area (Å²) in [4.78, 5) is 0. The van der Waals surface area contributed by atoms with Gasteiger partial charge in [0.25, 0.3) is 0 Å². The molecule has 0 amide bonds. The number of aryl methyl sites for hydroxylation is 9. The number of unbranched alkanes of at least 4 members (excludes halogenated alkanes) is 3. The highest BCUT2D eigenvalue weighted by atomic mass is 79.9. The Kier molecular flexibility index (Phi) is 18.9. The van der Waals surface area contributed by atoms with Gasteiger partial charge < -0.3 is 14.9 Å². The van der Waals surface area contributed by atoms with Gasteiger partial charge in [-0.15, -0.1) is 0 Å². The van der Waals surface area contributed by atoms with Gasteiger partial charge in [-0.2, -0.15) is 0 Å². The lowest BCUT2D eigenvalue weighted by atomic mass is 10.00. The van der Waals surface area contributed by atoms with Crippen molar-refractivity contribution < 1.29 is 0 Å². The second kappa shape index (κ2) is 25.8. The number of halogens is 4. The second-order valence-corrected chi connectivity index (χ2v) is 24.9. The Morgan fingerprint density at radius 2 is 0.646 bits per heavy atom. The Morgan fingerprint density at radius 3 is 0.987 bits per heavy atom. The molecule has 0 atom stereocenters. The van der Waals surface area contributed by atoms with Gasteiger partial charge in [0.1, 0.15) is 0 Å². The monoisotopic (exact) mass is 1300 g/mol. The standard InChI is InChI=1S/C42H44N2.C18H10Br4.C12H19N/c1-7-9-15-31-21-27(3)41(28(4)22-31)43-37-19-13-11-17-33(37)35-26-40-36(25-39(35)43)34-18-12-14-20-38(34)44(40)42-29(5)23-32(16-10-8-2)24-30(42)6;19-15-7-3-1-5-11(15)13-9-18(22)14(10-17(13)21)12-6-2-4-8-16(12)20;1-4-5-6-11-7-9(2)12(13)10(3)8-11/h11-14,17-26H,7-10,15-16H2,1-6H3;1-10H;7-8H,4-6,13H2,1-3H3. The lowest BCUT2D eigenvalue weighted by Crippen LogP contribution is -2.02. The summed E-state index contributed by atoms with van der Waals surface area (Å²) < 4.78 is 9.35. The zero-order valence-corrected chi connectivity index (χ0v) is 53.7. The topological polar surface area (TPSA) is 35.9 Å². The van der Waals surface area contributed by atoms with Crippen molar-refractivity contribution in [3.05, 3.63) is 226 Å². The molecule has 2 aromatic heterocycles. The van der Waals surface area contributed by atoms with Crippen LogP contribution in [0, 0.1) is 41.5 Å². The van der Waals surface area contributed by atoms with Crippen molar-refractivity contribution in [2.24, 2.45) is 0 Å². The minimum atomic E-state index is 0.945. The fraction of sp³-hybridized carbons (Fsp3) is 0.250. The van der Waals surface area contributed by atoms with E-state index in [-0.39, 0.29) is 0 Å². The Hall–Kier alpha value is -5.70. The normalized spacial score (nSPS) is 11.4. The van der Waals surface area contributed by atoms with E-state index in [4.69, 9.17) is 5.73 Å². The second-order valence-electron chi connectivity index (χ2n) is 21.5. The Labute approximate surface area is 503 Å². The van der Waals surface area contributed by atoms with Crippen molar-refractivity contribution in [2.75, 3.05) is 5.73 Å². The number of rotatable bonds is 13. The van der Waals surface area contributed by atoms with Gasteiger partial charge in [0.15, 0.2) is 0 Å². The van der Waals surface area contributed by atoms with E-state index in [1.165, 1.54) is 150 Å². The molecule has 0 aliphatic heterocycles. The first-order valence-electron chi connectivity index (χ1n) is 28.2. The first-order chi connectivity index (χ1) is 38.1. The van der Waals surface area contributed by atoms with Crippen molar-refractivity contribution in [1.29, 1.82) is 0 Å². The highest BCUT2D eigenvalue weighted by Gasteiger charge is 2.22. The third kappa shape index (κ3) is 12.3. The summed E-state index contributed by atoms with van der Waals surface area (Å²) in [7, 11) is 0. The van der Waals surface area contributed by atoms with E-state index in [2.05, 4.69) is 269 Å². The fourth-order valence-electron chi connectivity index (χ4n) is 11.7. The van der Waals surface area contributed by atoms with E-state index < -0.39 is 0 Å². The van der Waals surface area contributed by atoms with Crippen molar-refractivity contribution in [1.82, 2.24) is 9.13 Å². The minimum absolute atomic E-state index is 0.945. The maximum absolute atomic E-state index is 5.88. The van der Waals surface area contributed by atoms with Gasteiger partial charge in [0.05, 0.1) is 33.4 Å². The molecule has 2 heterocycles. The average molecular weight is 1300 g/mol. The molecule has 0 unspecified atom stereocenters. The van der Waals surface area contributed by atoms with Crippen LogP contribution in [-0.2, 0) is 19.3 Å². The number of para-hydroxylation sites is 2. The van der Waals surface area contributed by atoms with Gasteiger partial charge in [-0.25, -0.2) is 0 Å². The number of anilines is 1. The third-order valence-electron chi connectivity index (χ3n) is 15.5. The molecule has 0 bridgehead atoms. The van der Waals surface area contributed by atoms with Crippen LogP contribution >= 0.6 is 63.7 Å². The van der Waals surface area contributed by atoms with Crippen molar-refractivity contribution in [3.63, 3.8) is 0 Å². The number of benzene rings is 9. The zero-order chi connectivity index (χ0) is 56.1. The Morgan fingerprint density at radius 1 is 0.329 bits per heavy atom. The number of nitrogens with two attached hydrogens (primary N) is 1. The number of fused-ring (bicyclic) bond motifs is 6. The van der Waals surface area contributed by atoms with Crippen LogP contribution in [0.3, 0.4) is 0 Å². The van der Waals surface area contributed by atoms with Crippen molar-refractivity contribution in [2.45, 2.75) is 120 Å². The van der Waals surface area contributed by atoms with Crippen LogP contribution in [-0.4, -0.2) is 9.13 Å². The van der Waals surface area contributed by atoms with E-state index in [9.17, 15) is 0 Å². The molecule has 11 rings (SSSR count). The maximum Gasteiger partial charge on any atom is 0.0549 e. The Bertz CT molecular complexity index is 3710. The van der Waals surface area contributed by atoms with Crippen LogP contribution in [0.1, 0.15) is 109 Å². The molecule has 0 spiro atoms. The van der Waals surface area contributed by atoms with Crippen LogP contribution in [0.5, 0.6) is 0 Å². The number of hydrogen-bond donors (Lipinski definition) is 1. The molecule has 0 aliphatic carbocycles. The van der Waals surface area contributed by atoms with Crippen molar-refractivity contribution >= 4 is 113 Å². The van der Waals surface area contributed by atoms with Gasteiger partial charge in [-0.05, 0) is 201 Å². The molecule has 79 heavy (non-hydrogen) atoms. The van der Waals surface area contributed by atoms with E-state index in [1.54, 1.807) is 0 Å². The smallest absolute Gasteiger partial charge is 0.0549 e.